The van der Waals surface area contributed by atoms with Gasteiger partial charge in [-0.15, -0.1) is 0 Å². The third kappa shape index (κ3) is 4.52. The van der Waals surface area contributed by atoms with Gasteiger partial charge in [0.05, 0.1) is 0 Å². The number of nitrogens with zero attached hydrogens (tertiary/aromatic N) is 1. The van der Waals surface area contributed by atoms with E-state index in [1.54, 1.807) is 0 Å². The Morgan fingerprint density at radius 3 is 2.20 bits per heavy atom. The number of hydrogen-bond acceptors (Lipinski definition) is 2. The van der Waals surface area contributed by atoms with E-state index in [2.05, 4.69) is 44.8 Å². The van der Waals surface area contributed by atoms with Crippen molar-refractivity contribution in [2.24, 2.45) is 0 Å². The van der Waals surface area contributed by atoms with E-state index in [0.29, 0.717) is 0 Å². The zero-order valence-corrected chi connectivity index (χ0v) is 11.1. The molecule has 0 heterocycles. The Kier molecular flexibility index (Phi) is 4.60. The molecule has 1 N–H and O–H groups in total. The van der Waals surface area contributed by atoms with Crippen LogP contribution >= 0.6 is 0 Å². The van der Waals surface area contributed by atoms with E-state index in [4.69, 9.17) is 0 Å². The highest BCUT2D eigenvalue weighted by Crippen LogP contribution is 2.29. The van der Waals surface area contributed by atoms with Crippen molar-refractivity contribution in [2.75, 3.05) is 13.1 Å². The third-order valence-corrected chi connectivity index (χ3v) is 3.19. The molecular formula is C13H28N2. The molecular weight excluding hydrogens is 184 g/mol. The maximum Gasteiger partial charge on any atom is 0.0221 e. The number of hydrogen-bond donors (Lipinski definition) is 1. The second-order valence-electron chi connectivity index (χ2n) is 5.75. The van der Waals surface area contributed by atoms with Gasteiger partial charge in [0.1, 0.15) is 0 Å². The molecule has 0 aromatic rings. The maximum absolute atomic E-state index is 3.63. The molecule has 1 aliphatic rings. The highest BCUT2D eigenvalue weighted by molar-refractivity contribution is 4.89. The Morgan fingerprint density at radius 2 is 1.87 bits per heavy atom. The molecule has 0 aliphatic heterocycles. The van der Waals surface area contributed by atoms with Crippen LogP contribution in [0.4, 0.5) is 0 Å². The molecule has 90 valence electrons. The van der Waals surface area contributed by atoms with Crippen LogP contribution in [0.25, 0.3) is 0 Å². The van der Waals surface area contributed by atoms with Crippen LogP contribution in [0.3, 0.4) is 0 Å². The van der Waals surface area contributed by atoms with Gasteiger partial charge in [0.2, 0.25) is 0 Å². The van der Waals surface area contributed by atoms with Crippen LogP contribution in [0.2, 0.25) is 0 Å². The number of rotatable bonds is 6. The fraction of sp³-hybridized carbons (Fsp3) is 1.00. The van der Waals surface area contributed by atoms with Gasteiger partial charge in [-0.3, -0.25) is 4.90 Å². The first-order valence-electron chi connectivity index (χ1n) is 6.48. The summed E-state index contributed by atoms with van der Waals surface area (Å²) in [5, 5.41) is 3.63. The number of nitrogens with one attached hydrogen (secondary N) is 1. The van der Waals surface area contributed by atoms with Crippen LogP contribution in [0.1, 0.15) is 53.9 Å². The highest BCUT2D eigenvalue weighted by Gasteiger charge is 2.32. The first-order chi connectivity index (χ1) is 6.98. The van der Waals surface area contributed by atoms with Crippen molar-refractivity contribution in [1.29, 1.82) is 0 Å². The summed E-state index contributed by atoms with van der Waals surface area (Å²) in [4.78, 5) is 2.68. The van der Waals surface area contributed by atoms with Crippen LogP contribution in [0, 0.1) is 0 Å². The lowest BCUT2D eigenvalue weighted by atomic mass is 10.1. The van der Waals surface area contributed by atoms with Gasteiger partial charge in [-0.2, -0.15) is 0 Å². The van der Waals surface area contributed by atoms with E-state index in [1.165, 1.54) is 25.8 Å². The summed E-state index contributed by atoms with van der Waals surface area (Å²) in [6.07, 6.45) is 4.09. The first-order valence-corrected chi connectivity index (χ1v) is 6.48. The lowest BCUT2D eigenvalue weighted by molar-refractivity contribution is 0.177. The van der Waals surface area contributed by atoms with Gasteiger partial charge in [0.15, 0.2) is 0 Å². The second-order valence-corrected chi connectivity index (χ2v) is 5.75. The van der Waals surface area contributed by atoms with E-state index in [0.717, 1.165) is 18.6 Å². The van der Waals surface area contributed by atoms with Crippen LogP contribution in [-0.2, 0) is 0 Å². The van der Waals surface area contributed by atoms with Crippen molar-refractivity contribution in [3.05, 3.63) is 0 Å². The lowest BCUT2D eigenvalue weighted by Gasteiger charge is -2.33. The van der Waals surface area contributed by atoms with Crippen LogP contribution in [0.15, 0.2) is 0 Å². The fourth-order valence-electron chi connectivity index (χ4n) is 2.14. The Labute approximate surface area is 95.4 Å². The topological polar surface area (TPSA) is 15.3 Å². The molecule has 0 saturated heterocycles. The highest BCUT2D eigenvalue weighted by atomic mass is 15.2. The van der Waals surface area contributed by atoms with Crippen LogP contribution in [-0.4, -0.2) is 35.6 Å². The van der Waals surface area contributed by atoms with Crippen molar-refractivity contribution in [3.8, 4) is 0 Å². The van der Waals surface area contributed by atoms with E-state index < -0.39 is 0 Å². The normalized spacial score (nSPS) is 19.6. The molecule has 0 bridgehead atoms. The SMILES string of the molecule is CCC(CNC(C)(C)C)N(CC)C1CC1. The quantitative estimate of drug-likeness (QED) is 0.728. The standard InChI is InChI=1S/C13H28N2/c1-6-11(10-14-13(3,4)5)15(7-2)12-8-9-12/h11-12,14H,6-10H2,1-5H3. The summed E-state index contributed by atoms with van der Waals surface area (Å²) in [5.41, 5.74) is 0.246. The monoisotopic (exact) mass is 212 g/mol. The van der Waals surface area contributed by atoms with Crippen molar-refractivity contribution < 1.29 is 0 Å². The molecule has 0 radical (unpaired) electrons. The predicted octanol–water partition coefficient (Wildman–Crippen LogP) is 2.64. The number of likely N-dealkylation sites (N-methyl/N-ethyl adjacent to an activating group) is 1. The minimum atomic E-state index is 0.246. The van der Waals surface area contributed by atoms with Gasteiger partial charge < -0.3 is 5.32 Å². The van der Waals surface area contributed by atoms with Gasteiger partial charge in [-0.25, -0.2) is 0 Å². The third-order valence-electron chi connectivity index (χ3n) is 3.19. The summed E-state index contributed by atoms with van der Waals surface area (Å²) < 4.78 is 0. The summed E-state index contributed by atoms with van der Waals surface area (Å²) >= 11 is 0. The lowest BCUT2D eigenvalue weighted by Crippen LogP contribution is -2.48. The predicted molar refractivity (Wildman–Crippen MR) is 67.2 cm³/mol. The minimum Gasteiger partial charge on any atom is -0.311 e. The van der Waals surface area contributed by atoms with Crippen LogP contribution < -0.4 is 5.32 Å². The molecule has 0 amide bonds. The molecule has 15 heavy (non-hydrogen) atoms. The molecule has 0 aromatic heterocycles. The zero-order chi connectivity index (χ0) is 11.5. The van der Waals surface area contributed by atoms with Crippen molar-refractivity contribution >= 4 is 0 Å². The molecule has 1 saturated carbocycles. The van der Waals surface area contributed by atoms with Gasteiger partial charge in [0.25, 0.3) is 0 Å². The largest absolute Gasteiger partial charge is 0.311 e. The Balaban J connectivity index is 2.39. The van der Waals surface area contributed by atoms with Gasteiger partial charge >= 0.3 is 0 Å². The van der Waals surface area contributed by atoms with Crippen LogP contribution in [0.5, 0.6) is 0 Å². The molecule has 1 fully saturated rings. The van der Waals surface area contributed by atoms with Crippen molar-refractivity contribution in [2.45, 2.75) is 71.5 Å². The van der Waals surface area contributed by atoms with E-state index >= 15 is 0 Å². The average molecular weight is 212 g/mol. The summed E-state index contributed by atoms with van der Waals surface area (Å²) in [6, 6.07) is 1.61. The Bertz CT molecular complexity index is 179. The van der Waals surface area contributed by atoms with E-state index in [1.807, 2.05) is 0 Å². The average Bonchev–Trinajstić information content (AvgIpc) is 2.94. The van der Waals surface area contributed by atoms with Gasteiger partial charge in [-0.05, 0) is 46.6 Å². The van der Waals surface area contributed by atoms with E-state index in [-0.39, 0.29) is 5.54 Å². The molecule has 1 unspecified atom stereocenters. The summed E-state index contributed by atoms with van der Waals surface area (Å²) in [7, 11) is 0. The molecule has 1 atom stereocenters. The van der Waals surface area contributed by atoms with E-state index in [9.17, 15) is 0 Å². The smallest absolute Gasteiger partial charge is 0.0221 e. The molecule has 1 rings (SSSR count). The van der Waals surface area contributed by atoms with Crippen molar-refractivity contribution in [3.63, 3.8) is 0 Å². The molecule has 1 aliphatic carbocycles. The molecule has 0 aromatic carbocycles. The molecule has 2 nitrogen and oxygen atoms in total. The molecule has 2 heteroatoms. The summed E-state index contributed by atoms with van der Waals surface area (Å²) in [5.74, 6) is 0. The van der Waals surface area contributed by atoms with Gasteiger partial charge in [0, 0.05) is 24.2 Å². The second kappa shape index (κ2) is 5.31. The summed E-state index contributed by atoms with van der Waals surface area (Å²) in [6.45, 7) is 13.7. The first kappa shape index (κ1) is 13.0. The Hall–Kier alpha value is -0.0800. The minimum absolute atomic E-state index is 0.246. The molecule has 0 spiro atoms. The van der Waals surface area contributed by atoms with Crippen molar-refractivity contribution in [1.82, 2.24) is 10.2 Å². The maximum atomic E-state index is 3.63. The van der Waals surface area contributed by atoms with Gasteiger partial charge in [-0.1, -0.05) is 13.8 Å². The zero-order valence-electron chi connectivity index (χ0n) is 11.1. The Morgan fingerprint density at radius 1 is 1.27 bits per heavy atom. The fourth-order valence-corrected chi connectivity index (χ4v) is 2.14.